The molecule has 2 amide bonds. The van der Waals surface area contributed by atoms with Crippen molar-refractivity contribution in [1.29, 1.82) is 0 Å². The van der Waals surface area contributed by atoms with Gasteiger partial charge < -0.3 is 15.3 Å². The Morgan fingerprint density at radius 2 is 1.59 bits per heavy atom. The van der Waals surface area contributed by atoms with E-state index < -0.39 is 11.4 Å². The Hall–Kier alpha value is -1.59. The number of carboxylic acid groups (broad SMARTS) is 1. The van der Waals surface area contributed by atoms with E-state index in [9.17, 15) is 19.5 Å². The summed E-state index contributed by atoms with van der Waals surface area (Å²) in [5.74, 6) is -0.471. The number of hydrogen-bond donors (Lipinski definition) is 2. The van der Waals surface area contributed by atoms with Crippen LogP contribution in [-0.4, -0.2) is 46.9 Å². The van der Waals surface area contributed by atoms with Gasteiger partial charge in [0.25, 0.3) is 0 Å². The van der Waals surface area contributed by atoms with E-state index in [-0.39, 0.29) is 30.2 Å². The number of carbonyl (C=O) groups excluding carboxylic acids is 2. The first kappa shape index (κ1) is 21.7. The fraction of sp³-hybridized carbons (Fsp3) is 0.857. The monoisotopic (exact) mass is 380 g/mol. The second kappa shape index (κ2) is 9.56. The standard InChI is InChI=1S/C21H36N2O4/c1-15(2)16(3)22-19(25)17-8-12-23(13-9-17)18(24)14-21(20(26)27)10-6-4-5-7-11-21/h15-17H,4-14H2,1-3H3,(H,22,25)(H,26,27). The minimum Gasteiger partial charge on any atom is -0.481 e. The van der Waals surface area contributed by atoms with Crippen LogP contribution < -0.4 is 5.32 Å². The van der Waals surface area contributed by atoms with Crippen LogP contribution in [0.4, 0.5) is 0 Å². The highest BCUT2D eigenvalue weighted by atomic mass is 16.4. The lowest BCUT2D eigenvalue weighted by Crippen LogP contribution is -2.47. The summed E-state index contributed by atoms with van der Waals surface area (Å²) < 4.78 is 0. The number of amides is 2. The molecule has 27 heavy (non-hydrogen) atoms. The maximum atomic E-state index is 12.8. The van der Waals surface area contributed by atoms with Gasteiger partial charge >= 0.3 is 5.97 Å². The Labute approximate surface area is 163 Å². The number of piperidine rings is 1. The molecule has 0 spiro atoms. The van der Waals surface area contributed by atoms with Crippen LogP contribution in [0.2, 0.25) is 0 Å². The van der Waals surface area contributed by atoms with E-state index in [0.29, 0.717) is 44.7 Å². The molecule has 2 N–H and O–H groups in total. The lowest BCUT2D eigenvalue weighted by Gasteiger charge is -2.35. The number of hydrogen-bond acceptors (Lipinski definition) is 3. The fourth-order valence-corrected chi connectivity index (χ4v) is 4.17. The van der Waals surface area contributed by atoms with Gasteiger partial charge in [-0.15, -0.1) is 0 Å². The molecular weight excluding hydrogens is 344 g/mol. The number of carboxylic acids is 1. The van der Waals surface area contributed by atoms with Gasteiger partial charge in [-0.25, -0.2) is 0 Å². The minimum absolute atomic E-state index is 0.0541. The molecule has 2 aliphatic rings. The molecule has 154 valence electrons. The zero-order valence-corrected chi connectivity index (χ0v) is 17.1. The summed E-state index contributed by atoms with van der Waals surface area (Å²) in [4.78, 5) is 38.9. The molecule has 0 aromatic carbocycles. The first-order valence-electron chi connectivity index (χ1n) is 10.6. The Bertz CT molecular complexity index is 530. The second-order valence-electron chi connectivity index (χ2n) is 8.87. The summed E-state index contributed by atoms with van der Waals surface area (Å²) in [5.41, 5.74) is -0.894. The van der Waals surface area contributed by atoms with Crippen molar-refractivity contribution in [3.63, 3.8) is 0 Å². The Kier molecular flexibility index (Phi) is 7.68. The van der Waals surface area contributed by atoms with Crippen molar-refractivity contribution in [3.8, 4) is 0 Å². The highest BCUT2D eigenvalue weighted by Crippen LogP contribution is 2.39. The molecule has 1 unspecified atom stereocenters. The predicted molar refractivity (Wildman–Crippen MR) is 104 cm³/mol. The minimum atomic E-state index is -0.894. The Morgan fingerprint density at radius 3 is 2.07 bits per heavy atom. The van der Waals surface area contributed by atoms with Crippen LogP contribution in [0.15, 0.2) is 0 Å². The van der Waals surface area contributed by atoms with E-state index >= 15 is 0 Å². The third-order valence-corrected chi connectivity index (χ3v) is 6.59. The van der Waals surface area contributed by atoms with Gasteiger partial charge in [0.1, 0.15) is 0 Å². The third-order valence-electron chi connectivity index (χ3n) is 6.59. The van der Waals surface area contributed by atoms with Crippen molar-refractivity contribution < 1.29 is 19.5 Å². The van der Waals surface area contributed by atoms with E-state index in [0.717, 1.165) is 25.7 Å². The zero-order chi connectivity index (χ0) is 20.0. The summed E-state index contributed by atoms with van der Waals surface area (Å²) in [6.07, 6.45) is 6.48. The van der Waals surface area contributed by atoms with Crippen molar-refractivity contribution >= 4 is 17.8 Å². The van der Waals surface area contributed by atoms with Gasteiger partial charge in [-0.1, -0.05) is 39.5 Å². The topological polar surface area (TPSA) is 86.7 Å². The van der Waals surface area contributed by atoms with Crippen LogP contribution >= 0.6 is 0 Å². The molecule has 0 aromatic heterocycles. The van der Waals surface area contributed by atoms with Crippen molar-refractivity contribution in [2.45, 2.75) is 84.6 Å². The van der Waals surface area contributed by atoms with E-state index in [4.69, 9.17) is 0 Å². The van der Waals surface area contributed by atoms with Gasteiger partial charge in [0.05, 0.1) is 5.41 Å². The smallest absolute Gasteiger partial charge is 0.310 e. The number of aliphatic carboxylic acids is 1. The molecule has 6 heteroatoms. The molecule has 0 radical (unpaired) electrons. The molecule has 1 atom stereocenters. The third kappa shape index (κ3) is 5.69. The SMILES string of the molecule is CC(C)C(C)NC(=O)C1CCN(C(=O)CC2(C(=O)O)CCCCCC2)CC1. The van der Waals surface area contributed by atoms with Gasteiger partial charge in [-0.05, 0) is 38.5 Å². The van der Waals surface area contributed by atoms with Crippen LogP contribution in [0.1, 0.15) is 78.6 Å². The van der Waals surface area contributed by atoms with Gasteiger partial charge in [-0.2, -0.15) is 0 Å². The fourth-order valence-electron chi connectivity index (χ4n) is 4.17. The van der Waals surface area contributed by atoms with Crippen LogP contribution in [0.3, 0.4) is 0 Å². The molecular formula is C21H36N2O4. The molecule has 1 saturated carbocycles. The zero-order valence-electron chi connectivity index (χ0n) is 17.1. The number of carbonyl (C=O) groups is 3. The Balaban J connectivity index is 1.88. The lowest BCUT2D eigenvalue weighted by atomic mass is 9.77. The Morgan fingerprint density at radius 1 is 1.04 bits per heavy atom. The van der Waals surface area contributed by atoms with Crippen LogP contribution in [0, 0.1) is 17.3 Å². The number of likely N-dealkylation sites (tertiary alicyclic amines) is 1. The molecule has 1 aliphatic carbocycles. The normalized spacial score (nSPS) is 22.1. The average molecular weight is 381 g/mol. The quantitative estimate of drug-likeness (QED) is 0.693. The molecule has 0 bridgehead atoms. The van der Waals surface area contributed by atoms with Crippen molar-refractivity contribution in [2.24, 2.45) is 17.3 Å². The van der Waals surface area contributed by atoms with Gasteiger partial charge in [0, 0.05) is 31.5 Å². The van der Waals surface area contributed by atoms with E-state index in [2.05, 4.69) is 19.2 Å². The van der Waals surface area contributed by atoms with Gasteiger partial charge in [-0.3, -0.25) is 14.4 Å². The van der Waals surface area contributed by atoms with Crippen molar-refractivity contribution in [2.75, 3.05) is 13.1 Å². The van der Waals surface area contributed by atoms with Crippen LogP contribution in [0.5, 0.6) is 0 Å². The van der Waals surface area contributed by atoms with Gasteiger partial charge in [0.15, 0.2) is 0 Å². The highest BCUT2D eigenvalue weighted by Gasteiger charge is 2.42. The van der Waals surface area contributed by atoms with E-state index in [1.807, 2.05) is 6.92 Å². The molecule has 0 aromatic rings. The van der Waals surface area contributed by atoms with Crippen molar-refractivity contribution in [3.05, 3.63) is 0 Å². The van der Waals surface area contributed by atoms with Crippen LogP contribution in [0.25, 0.3) is 0 Å². The first-order chi connectivity index (χ1) is 12.7. The maximum absolute atomic E-state index is 12.8. The summed E-state index contributed by atoms with van der Waals surface area (Å²) in [6, 6.07) is 0.142. The lowest BCUT2D eigenvalue weighted by molar-refractivity contribution is -0.155. The highest BCUT2D eigenvalue weighted by molar-refractivity contribution is 5.85. The average Bonchev–Trinajstić information content (AvgIpc) is 2.88. The van der Waals surface area contributed by atoms with E-state index in [1.165, 1.54) is 0 Å². The number of nitrogens with zero attached hydrogens (tertiary/aromatic N) is 1. The van der Waals surface area contributed by atoms with E-state index in [1.54, 1.807) is 4.90 Å². The maximum Gasteiger partial charge on any atom is 0.310 e. The number of rotatable bonds is 6. The van der Waals surface area contributed by atoms with Crippen molar-refractivity contribution in [1.82, 2.24) is 10.2 Å². The summed E-state index contributed by atoms with van der Waals surface area (Å²) >= 11 is 0. The molecule has 1 aliphatic heterocycles. The summed E-state index contributed by atoms with van der Waals surface area (Å²) in [5, 5.41) is 12.8. The number of nitrogens with one attached hydrogen (secondary N) is 1. The predicted octanol–water partition coefficient (Wildman–Crippen LogP) is 3.20. The molecule has 1 saturated heterocycles. The summed E-state index contributed by atoms with van der Waals surface area (Å²) in [6.45, 7) is 7.26. The molecule has 1 heterocycles. The second-order valence-corrected chi connectivity index (χ2v) is 8.87. The molecule has 2 fully saturated rings. The summed E-state index contributed by atoms with van der Waals surface area (Å²) in [7, 11) is 0. The first-order valence-corrected chi connectivity index (χ1v) is 10.6. The molecule has 6 nitrogen and oxygen atoms in total. The molecule has 2 rings (SSSR count). The van der Waals surface area contributed by atoms with Crippen LogP contribution in [-0.2, 0) is 14.4 Å². The van der Waals surface area contributed by atoms with Gasteiger partial charge in [0.2, 0.25) is 11.8 Å². The largest absolute Gasteiger partial charge is 0.481 e.